The molecule has 0 aliphatic rings. The number of aromatic nitrogens is 3. The minimum atomic E-state index is -0.416. The number of oxazole rings is 1. The van der Waals surface area contributed by atoms with E-state index in [1.54, 1.807) is 18.2 Å². The van der Waals surface area contributed by atoms with E-state index < -0.39 is 5.82 Å². The molecule has 84 valence electrons. The van der Waals surface area contributed by atoms with Crippen molar-refractivity contribution in [1.29, 1.82) is 0 Å². The molecule has 0 saturated heterocycles. The van der Waals surface area contributed by atoms with Crippen LogP contribution in [0.4, 0.5) is 4.39 Å². The molecule has 3 aromatic rings. The topological polar surface area (TPSA) is 65.0 Å². The van der Waals surface area contributed by atoms with E-state index in [1.165, 1.54) is 18.7 Å². The molecule has 6 heteroatoms. The summed E-state index contributed by atoms with van der Waals surface area (Å²) in [7, 11) is 0. The number of benzene rings is 1. The van der Waals surface area contributed by atoms with E-state index in [4.69, 9.17) is 8.83 Å². The minimum Gasteiger partial charge on any atom is -0.438 e. The number of nitrogens with zero attached hydrogens (tertiary/aromatic N) is 3. The summed E-state index contributed by atoms with van der Waals surface area (Å²) in [6.45, 7) is 0. The van der Waals surface area contributed by atoms with Crippen molar-refractivity contribution in [1.82, 2.24) is 15.2 Å². The first-order chi connectivity index (χ1) is 8.34. The van der Waals surface area contributed by atoms with Gasteiger partial charge in [0.15, 0.2) is 6.39 Å². The molecule has 0 spiro atoms. The van der Waals surface area contributed by atoms with Gasteiger partial charge in [-0.1, -0.05) is 12.1 Å². The summed E-state index contributed by atoms with van der Waals surface area (Å²) in [5.41, 5.74) is 0.255. The second-order valence-corrected chi connectivity index (χ2v) is 3.26. The Bertz CT molecular complexity index is 634. The quantitative estimate of drug-likeness (QED) is 0.678. The van der Waals surface area contributed by atoms with Crippen molar-refractivity contribution in [2.75, 3.05) is 0 Å². The van der Waals surface area contributed by atoms with Gasteiger partial charge in [0.25, 0.3) is 11.8 Å². The zero-order valence-electron chi connectivity index (χ0n) is 8.50. The molecule has 17 heavy (non-hydrogen) atoms. The Labute approximate surface area is 94.9 Å². The number of halogens is 1. The summed E-state index contributed by atoms with van der Waals surface area (Å²) in [6.07, 6.45) is 2.70. The number of hydrogen-bond donors (Lipinski definition) is 0. The van der Waals surface area contributed by atoms with Crippen molar-refractivity contribution in [2.24, 2.45) is 0 Å². The first-order valence-electron chi connectivity index (χ1n) is 4.82. The third-order valence-corrected chi connectivity index (χ3v) is 2.17. The summed E-state index contributed by atoms with van der Waals surface area (Å²) in [6, 6.07) is 6.17. The molecule has 0 fully saturated rings. The van der Waals surface area contributed by atoms with Gasteiger partial charge < -0.3 is 8.83 Å². The van der Waals surface area contributed by atoms with Gasteiger partial charge in [0, 0.05) is 0 Å². The highest BCUT2D eigenvalue weighted by molar-refractivity contribution is 5.55. The SMILES string of the molecule is Fc1ccccc1-c1nnc(-c2cnco2)o1. The minimum absolute atomic E-state index is 0.106. The van der Waals surface area contributed by atoms with Crippen LogP contribution < -0.4 is 0 Å². The van der Waals surface area contributed by atoms with Crippen LogP contribution in [0.25, 0.3) is 23.1 Å². The van der Waals surface area contributed by atoms with Crippen LogP contribution in [0.3, 0.4) is 0 Å². The van der Waals surface area contributed by atoms with Crippen molar-refractivity contribution in [2.45, 2.75) is 0 Å². The van der Waals surface area contributed by atoms with E-state index in [0.717, 1.165) is 0 Å². The number of rotatable bonds is 2. The lowest BCUT2D eigenvalue weighted by atomic mass is 10.2. The lowest BCUT2D eigenvalue weighted by Crippen LogP contribution is -1.82. The molecule has 2 heterocycles. The van der Waals surface area contributed by atoms with Crippen LogP contribution in [0.2, 0.25) is 0 Å². The Morgan fingerprint density at radius 3 is 2.65 bits per heavy atom. The van der Waals surface area contributed by atoms with Gasteiger partial charge in [0.1, 0.15) is 5.82 Å². The maximum atomic E-state index is 13.5. The van der Waals surface area contributed by atoms with Gasteiger partial charge in [0.2, 0.25) is 5.76 Å². The molecule has 1 aromatic carbocycles. The van der Waals surface area contributed by atoms with Crippen molar-refractivity contribution >= 4 is 0 Å². The van der Waals surface area contributed by atoms with Crippen LogP contribution in [0.5, 0.6) is 0 Å². The fraction of sp³-hybridized carbons (Fsp3) is 0. The monoisotopic (exact) mass is 231 g/mol. The highest BCUT2D eigenvalue weighted by atomic mass is 19.1. The van der Waals surface area contributed by atoms with Crippen molar-refractivity contribution in [3.8, 4) is 23.1 Å². The lowest BCUT2D eigenvalue weighted by Gasteiger charge is -1.94. The molecular formula is C11H6FN3O2. The first-order valence-corrected chi connectivity index (χ1v) is 4.82. The zero-order valence-corrected chi connectivity index (χ0v) is 8.50. The second kappa shape index (κ2) is 3.82. The summed E-state index contributed by atoms with van der Waals surface area (Å²) in [5.74, 6) is 0.204. The van der Waals surface area contributed by atoms with Crippen molar-refractivity contribution in [3.63, 3.8) is 0 Å². The van der Waals surface area contributed by atoms with Gasteiger partial charge >= 0.3 is 0 Å². The summed E-state index contributed by atoms with van der Waals surface area (Å²) < 4.78 is 23.8. The molecule has 5 nitrogen and oxygen atoms in total. The summed E-state index contributed by atoms with van der Waals surface area (Å²) >= 11 is 0. The average molecular weight is 231 g/mol. The van der Waals surface area contributed by atoms with Crippen LogP contribution in [-0.2, 0) is 0 Å². The lowest BCUT2D eigenvalue weighted by molar-refractivity contribution is 0.517. The standard InChI is InChI=1S/C11H6FN3O2/c12-8-4-2-1-3-7(8)10-14-15-11(17-10)9-5-13-6-16-9/h1-6H. The Morgan fingerprint density at radius 1 is 1.06 bits per heavy atom. The molecule has 0 radical (unpaired) electrons. The molecule has 0 aliphatic carbocycles. The predicted octanol–water partition coefficient (Wildman–Crippen LogP) is 2.53. The molecule has 0 bridgehead atoms. The Kier molecular flexibility index (Phi) is 2.18. The third kappa shape index (κ3) is 1.69. The average Bonchev–Trinajstić information content (AvgIpc) is 3.00. The maximum Gasteiger partial charge on any atom is 0.285 e. The van der Waals surface area contributed by atoms with E-state index in [-0.39, 0.29) is 17.3 Å². The molecule has 0 N–H and O–H groups in total. The predicted molar refractivity (Wildman–Crippen MR) is 55.2 cm³/mol. The van der Waals surface area contributed by atoms with Crippen molar-refractivity contribution < 1.29 is 13.2 Å². The van der Waals surface area contributed by atoms with Gasteiger partial charge in [0.05, 0.1) is 11.8 Å². The molecule has 3 rings (SSSR count). The molecule has 0 aliphatic heterocycles. The fourth-order valence-electron chi connectivity index (χ4n) is 1.39. The highest BCUT2D eigenvalue weighted by Crippen LogP contribution is 2.24. The van der Waals surface area contributed by atoms with Gasteiger partial charge in [-0.25, -0.2) is 9.37 Å². The second-order valence-electron chi connectivity index (χ2n) is 3.26. The van der Waals surface area contributed by atoms with Gasteiger partial charge in [-0.2, -0.15) is 0 Å². The molecule has 0 saturated carbocycles. The first kappa shape index (κ1) is 9.71. The largest absolute Gasteiger partial charge is 0.438 e. The van der Waals surface area contributed by atoms with E-state index >= 15 is 0 Å². The van der Waals surface area contributed by atoms with E-state index in [9.17, 15) is 4.39 Å². The van der Waals surface area contributed by atoms with Crippen LogP contribution in [0, 0.1) is 5.82 Å². The van der Waals surface area contributed by atoms with Crippen LogP contribution in [-0.4, -0.2) is 15.2 Å². The van der Waals surface area contributed by atoms with Crippen molar-refractivity contribution in [3.05, 3.63) is 42.7 Å². The Balaban J connectivity index is 2.04. The smallest absolute Gasteiger partial charge is 0.285 e. The maximum absolute atomic E-state index is 13.5. The van der Waals surface area contributed by atoms with Crippen LogP contribution in [0.15, 0.2) is 45.7 Å². The Hall–Kier alpha value is -2.50. The van der Waals surface area contributed by atoms with Crippen LogP contribution in [0.1, 0.15) is 0 Å². The normalized spacial score (nSPS) is 10.6. The molecular weight excluding hydrogens is 225 g/mol. The summed E-state index contributed by atoms with van der Waals surface area (Å²) in [5, 5.41) is 7.52. The highest BCUT2D eigenvalue weighted by Gasteiger charge is 2.15. The van der Waals surface area contributed by atoms with Crippen LogP contribution >= 0.6 is 0 Å². The number of hydrogen-bond acceptors (Lipinski definition) is 5. The zero-order chi connectivity index (χ0) is 11.7. The molecule has 0 unspecified atom stereocenters. The molecule has 2 aromatic heterocycles. The van der Waals surface area contributed by atoms with E-state index in [0.29, 0.717) is 5.76 Å². The van der Waals surface area contributed by atoms with E-state index in [1.807, 2.05) is 0 Å². The Morgan fingerprint density at radius 2 is 1.88 bits per heavy atom. The fourth-order valence-corrected chi connectivity index (χ4v) is 1.39. The molecule has 0 amide bonds. The van der Waals surface area contributed by atoms with E-state index in [2.05, 4.69) is 15.2 Å². The van der Waals surface area contributed by atoms with Gasteiger partial charge in [-0.3, -0.25) is 0 Å². The summed E-state index contributed by atoms with van der Waals surface area (Å²) in [4.78, 5) is 3.73. The third-order valence-electron chi connectivity index (χ3n) is 2.17. The van der Waals surface area contributed by atoms with Gasteiger partial charge in [-0.05, 0) is 12.1 Å². The molecule has 0 atom stereocenters. The van der Waals surface area contributed by atoms with Gasteiger partial charge in [-0.15, -0.1) is 10.2 Å².